The highest BCUT2D eigenvalue weighted by Crippen LogP contribution is 2.19. The van der Waals surface area contributed by atoms with Crippen LogP contribution in [0.5, 0.6) is 0 Å². The molecule has 3 aromatic rings. The predicted molar refractivity (Wildman–Crippen MR) is 87.1 cm³/mol. The third-order valence-electron chi connectivity index (χ3n) is 3.24. The van der Waals surface area contributed by atoms with Crippen LogP contribution in [0.15, 0.2) is 38.3 Å². The molecule has 124 valence electrons. The second-order valence-electron chi connectivity index (χ2n) is 4.90. The summed E-state index contributed by atoms with van der Waals surface area (Å²) in [5.41, 5.74) is 1.36. The molecule has 0 bridgehead atoms. The maximum Gasteiger partial charge on any atom is 0.289 e. The summed E-state index contributed by atoms with van der Waals surface area (Å²) in [6.45, 7) is 2.27. The first-order chi connectivity index (χ1) is 11.7. The number of pyridine rings is 1. The Morgan fingerprint density at radius 1 is 1.38 bits per heavy atom. The number of halogens is 1. The van der Waals surface area contributed by atoms with Crippen LogP contribution < -0.4 is 5.32 Å². The Morgan fingerprint density at radius 3 is 3.04 bits per heavy atom. The summed E-state index contributed by atoms with van der Waals surface area (Å²) < 4.78 is 11.1. The van der Waals surface area contributed by atoms with Crippen LogP contribution >= 0.6 is 15.9 Å². The maximum absolute atomic E-state index is 12.0. The number of hydrogen-bond donors (Lipinski definition) is 1. The van der Waals surface area contributed by atoms with Crippen molar-refractivity contribution in [1.82, 2.24) is 25.4 Å². The molecule has 0 saturated carbocycles. The van der Waals surface area contributed by atoms with E-state index in [1.807, 2.05) is 13.0 Å². The predicted octanol–water partition coefficient (Wildman–Crippen LogP) is 2.42. The zero-order valence-electron chi connectivity index (χ0n) is 12.8. The molecule has 0 spiro atoms. The number of rotatable bonds is 6. The second-order valence-corrected chi connectivity index (χ2v) is 5.81. The molecule has 0 aliphatic rings. The Kier molecular flexibility index (Phi) is 4.99. The normalized spacial score (nSPS) is 10.8. The molecule has 0 radical (unpaired) electrons. The van der Waals surface area contributed by atoms with E-state index in [1.165, 1.54) is 6.39 Å². The van der Waals surface area contributed by atoms with Gasteiger partial charge in [0.25, 0.3) is 11.8 Å². The van der Waals surface area contributed by atoms with Gasteiger partial charge in [-0.25, -0.2) is 4.98 Å². The highest BCUT2D eigenvalue weighted by Gasteiger charge is 2.16. The van der Waals surface area contributed by atoms with E-state index in [0.29, 0.717) is 36.8 Å². The zero-order valence-corrected chi connectivity index (χ0v) is 14.4. The standard InChI is InChI=1S/C15H14BrN5O3/c1-2-11-13(23-8-19-11)14(22)18-4-3-12-20-15(24-21-12)9-5-10(16)7-17-6-9/h5-8H,2-4H2,1H3,(H,18,22). The van der Waals surface area contributed by atoms with E-state index in [0.717, 1.165) is 10.0 Å². The molecule has 24 heavy (non-hydrogen) atoms. The number of nitrogens with one attached hydrogen (secondary N) is 1. The van der Waals surface area contributed by atoms with Gasteiger partial charge >= 0.3 is 0 Å². The summed E-state index contributed by atoms with van der Waals surface area (Å²) in [6, 6.07) is 1.84. The summed E-state index contributed by atoms with van der Waals surface area (Å²) in [6.07, 6.45) is 5.65. The Bertz CT molecular complexity index is 845. The van der Waals surface area contributed by atoms with Gasteiger partial charge in [-0.05, 0) is 28.4 Å². The van der Waals surface area contributed by atoms with Gasteiger partial charge in [-0.15, -0.1) is 0 Å². The Morgan fingerprint density at radius 2 is 2.25 bits per heavy atom. The van der Waals surface area contributed by atoms with Gasteiger partial charge in [0.15, 0.2) is 12.2 Å². The van der Waals surface area contributed by atoms with Crippen LogP contribution in [0.3, 0.4) is 0 Å². The second kappa shape index (κ2) is 7.35. The smallest absolute Gasteiger partial charge is 0.289 e. The van der Waals surface area contributed by atoms with E-state index < -0.39 is 0 Å². The fraction of sp³-hybridized carbons (Fsp3) is 0.267. The topological polar surface area (TPSA) is 107 Å². The number of aromatic nitrogens is 4. The lowest BCUT2D eigenvalue weighted by Gasteiger charge is -2.01. The summed E-state index contributed by atoms with van der Waals surface area (Å²) >= 11 is 3.34. The summed E-state index contributed by atoms with van der Waals surface area (Å²) in [4.78, 5) is 24.3. The number of carbonyl (C=O) groups is 1. The van der Waals surface area contributed by atoms with Gasteiger partial charge in [-0.2, -0.15) is 4.98 Å². The van der Waals surface area contributed by atoms with Crippen molar-refractivity contribution in [2.24, 2.45) is 0 Å². The van der Waals surface area contributed by atoms with E-state index in [9.17, 15) is 4.79 Å². The van der Waals surface area contributed by atoms with Crippen LogP contribution in [0.1, 0.15) is 29.0 Å². The van der Waals surface area contributed by atoms with Crippen molar-refractivity contribution in [3.05, 3.63) is 46.6 Å². The third kappa shape index (κ3) is 3.67. The minimum Gasteiger partial charge on any atom is -0.438 e. The molecule has 0 aliphatic carbocycles. The lowest BCUT2D eigenvalue weighted by molar-refractivity contribution is 0.0925. The number of hydrogen-bond acceptors (Lipinski definition) is 7. The summed E-state index contributed by atoms with van der Waals surface area (Å²) in [5.74, 6) is 0.822. The molecular weight excluding hydrogens is 378 g/mol. The lowest BCUT2D eigenvalue weighted by Crippen LogP contribution is -2.26. The average molecular weight is 392 g/mol. The highest BCUT2D eigenvalue weighted by atomic mass is 79.9. The monoisotopic (exact) mass is 391 g/mol. The molecule has 0 aliphatic heterocycles. The molecule has 8 nitrogen and oxygen atoms in total. The largest absolute Gasteiger partial charge is 0.438 e. The first kappa shape index (κ1) is 16.3. The zero-order chi connectivity index (χ0) is 16.9. The first-order valence-electron chi connectivity index (χ1n) is 7.31. The molecule has 0 saturated heterocycles. The van der Waals surface area contributed by atoms with Crippen LogP contribution in [-0.2, 0) is 12.8 Å². The van der Waals surface area contributed by atoms with Crippen LogP contribution in [0.2, 0.25) is 0 Å². The van der Waals surface area contributed by atoms with Crippen LogP contribution in [0.4, 0.5) is 0 Å². The molecule has 9 heteroatoms. The van der Waals surface area contributed by atoms with Gasteiger partial charge in [0, 0.05) is 29.8 Å². The molecule has 3 heterocycles. The number of carbonyl (C=O) groups excluding carboxylic acids is 1. The van der Waals surface area contributed by atoms with E-state index in [4.69, 9.17) is 8.94 Å². The van der Waals surface area contributed by atoms with Gasteiger partial charge in [0.1, 0.15) is 0 Å². The minimum absolute atomic E-state index is 0.242. The number of nitrogens with zero attached hydrogens (tertiary/aromatic N) is 4. The van der Waals surface area contributed by atoms with Crippen molar-refractivity contribution in [3.63, 3.8) is 0 Å². The maximum atomic E-state index is 12.0. The van der Waals surface area contributed by atoms with Gasteiger partial charge in [0.05, 0.1) is 11.3 Å². The number of oxazole rings is 1. The van der Waals surface area contributed by atoms with Crippen molar-refractivity contribution < 1.29 is 13.7 Å². The molecule has 1 N–H and O–H groups in total. The Hall–Kier alpha value is -2.55. The Balaban J connectivity index is 1.57. The molecular formula is C15H14BrN5O3. The van der Waals surface area contributed by atoms with Crippen LogP contribution in [0.25, 0.3) is 11.5 Å². The van der Waals surface area contributed by atoms with Gasteiger partial charge in [0.2, 0.25) is 5.76 Å². The van der Waals surface area contributed by atoms with Crippen molar-refractivity contribution in [2.75, 3.05) is 6.54 Å². The van der Waals surface area contributed by atoms with Crippen molar-refractivity contribution in [3.8, 4) is 11.5 Å². The number of aryl methyl sites for hydroxylation is 1. The molecule has 0 unspecified atom stereocenters. The molecule has 3 aromatic heterocycles. The Labute approximate surface area is 145 Å². The fourth-order valence-electron chi connectivity index (χ4n) is 2.08. The van der Waals surface area contributed by atoms with Gasteiger partial charge in [-0.1, -0.05) is 12.1 Å². The minimum atomic E-state index is -0.302. The van der Waals surface area contributed by atoms with E-state index in [2.05, 4.69) is 41.4 Å². The molecule has 0 fully saturated rings. The van der Waals surface area contributed by atoms with Crippen molar-refractivity contribution in [1.29, 1.82) is 0 Å². The number of amides is 1. The van der Waals surface area contributed by atoms with Gasteiger partial charge in [-0.3, -0.25) is 9.78 Å². The van der Waals surface area contributed by atoms with E-state index in [-0.39, 0.29) is 11.7 Å². The van der Waals surface area contributed by atoms with Crippen LogP contribution in [0, 0.1) is 0 Å². The summed E-state index contributed by atoms with van der Waals surface area (Å²) in [7, 11) is 0. The third-order valence-corrected chi connectivity index (χ3v) is 3.67. The van der Waals surface area contributed by atoms with Gasteiger partial charge < -0.3 is 14.3 Å². The average Bonchev–Trinajstić information content (AvgIpc) is 3.24. The van der Waals surface area contributed by atoms with E-state index >= 15 is 0 Å². The SMILES string of the molecule is CCc1ncoc1C(=O)NCCc1noc(-c2cncc(Br)c2)n1. The highest BCUT2D eigenvalue weighted by molar-refractivity contribution is 9.10. The molecule has 0 atom stereocenters. The molecule has 1 amide bonds. The molecule has 0 aromatic carbocycles. The quantitative estimate of drug-likeness (QED) is 0.687. The molecule has 3 rings (SSSR count). The lowest BCUT2D eigenvalue weighted by atomic mass is 10.2. The first-order valence-corrected chi connectivity index (χ1v) is 8.10. The van der Waals surface area contributed by atoms with Crippen molar-refractivity contribution in [2.45, 2.75) is 19.8 Å². The van der Waals surface area contributed by atoms with Crippen molar-refractivity contribution >= 4 is 21.8 Å². The summed E-state index contributed by atoms with van der Waals surface area (Å²) in [5, 5.41) is 6.65. The van der Waals surface area contributed by atoms with E-state index in [1.54, 1.807) is 12.4 Å². The fourth-order valence-corrected chi connectivity index (χ4v) is 2.44. The van der Waals surface area contributed by atoms with Crippen LogP contribution in [-0.4, -0.2) is 32.6 Å².